The molecule has 5 rings (SSSR count). The number of hydrogen-bond donors (Lipinski definition) is 0. The van der Waals surface area contributed by atoms with Gasteiger partial charge in [0.25, 0.3) is 5.91 Å². The van der Waals surface area contributed by atoms with Crippen molar-refractivity contribution in [3.8, 4) is 0 Å². The molecule has 0 saturated carbocycles. The number of rotatable bonds is 4. The average molecular weight is 472 g/mol. The lowest BCUT2D eigenvalue weighted by atomic mass is 10.1. The van der Waals surface area contributed by atoms with Crippen molar-refractivity contribution in [3.63, 3.8) is 0 Å². The normalized spacial score (nSPS) is 18.8. The summed E-state index contributed by atoms with van der Waals surface area (Å²) in [6.45, 7) is 1.96. The van der Waals surface area contributed by atoms with Gasteiger partial charge < -0.3 is 4.90 Å². The van der Waals surface area contributed by atoms with Gasteiger partial charge >= 0.3 is 0 Å². The molecule has 1 amide bonds. The number of amidine groups is 1. The minimum Gasteiger partial charge on any atom is -0.337 e. The zero-order valence-corrected chi connectivity index (χ0v) is 19.8. The second-order valence-corrected chi connectivity index (χ2v) is 9.75. The molecule has 164 valence electrons. The number of amides is 1. The Morgan fingerprint density at radius 2 is 1.70 bits per heavy atom. The molecular formula is C26H21N3O2S2. The van der Waals surface area contributed by atoms with Crippen LogP contribution < -0.4 is 4.90 Å². The number of carbonyl (C=O) groups is 2. The van der Waals surface area contributed by atoms with Gasteiger partial charge in [0.2, 0.25) is 0 Å². The van der Waals surface area contributed by atoms with Crippen molar-refractivity contribution in [3.05, 3.63) is 99.9 Å². The Kier molecular flexibility index (Phi) is 5.83. The fourth-order valence-corrected chi connectivity index (χ4v) is 6.07. The van der Waals surface area contributed by atoms with Gasteiger partial charge in [0.1, 0.15) is 4.91 Å². The predicted molar refractivity (Wildman–Crippen MR) is 136 cm³/mol. The zero-order valence-electron chi connectivity index (χ0n) is 18.2. The first-order chi connectivity index (χ1) is 16.0. The monoisotopic (exact) mass is 471 g/mol. The molecule has 0 bridgehead atoms. The molecule has 5 nitrogen and oxygen atoms in total. The molecule has 1 saturated heterocycles. The largest absolute Gasteiger partial charge is 0.337 e. The molecule has 3 aromatic rings. The first kappa shape index (κ1) is 21.6. The van der Waals surface area contributed by atoms with Gasteiger partial charge in [-0.15, -0.1) is 0 Å². The first-order valence-corrected chi connectivity index (χ1v) is 12.1. The lowest BCUT2D eigenvalue weighted by Crippen LogP contribution is -2.29. The molecule has 1 fully saturated rings. The summed E-state index contributed by atoms with van der Waals surface area (Å²) in [7, 11) is 1.99. The van der Waals surface area contributed by atoms with E-state index in [0.717, 1.165) is 21.2 Å². The van der Waals surface area contributed by atoms with E-state index in [2.05, 4.69) is 17.0 Å². The van der Waals surface area contributed by atoms with Crippen LogP contribution in [-0.4, -0.2) is 28.8 Å². The van der Waals surface area contributed by atoms with Crippen molar-refractivity contribution >= 4 is 51.8 Å². The van der Waals surface area contributed by atoms with E-state index in [1.807, 2.05) is 61.6 Å². The molecule has 2 aliphatic rings. The van der Waals surface area contributed by atoms with Crippen LogP contribution in [0.2, 0.25) is 0 Å². The maximum absolute atomic E-state index is 13.6. The molecule has 0 N–H and O–H groups in total. The zero-order chi connectivity index (χ0) is 22.9. The van der Waals surface area contributed by atoms with Crippen LogP contribution in [0, 0.1) is 0 Å². The van der Waals surface area contributed by atoms with Crippen LogP contribution in [0.15, 0.2) is 98.7 Å². The number of hydrogen-bond acceptors (Lipinski definition) is 6. The number of thioether (sulfide) groups is 2. The molecule has 0 unspecified atom stereocenters. The summed E-state index contributed by atoms with van der Waals surface area (Å²) in [6.07, 6.45) is 0. The third-order valence-electron chi connectivity index (χ3n) is 5.46. The summed E-state index contributed by atoms with van der Waals surface area (Å²) in [6, 6.07) is 25.2. The molecule has 7 heteroatoms. The van der Waals surface area contributed by atoms with Gasteiger partial charge in [-0.05, 0) is 48.5 Å². The molecule has 0 atom stereocenters. The van der Waals surface area contributed by atoms with E-state index >= 15 is 0 Å². The maximum atomic E-state index is 13.6. The molecule has 33 heavy (non-hydrogen) atoms. The molecule has 2 aliphatic heterocycles. The molecule has 0 aliphatic carbocycles. The van der Waals surface area contributed by atoms with Gasteiger partial charge in [-0.1, -0.05) is 66.4 Å². The van der Waals surface area contributed by atoms with E-state index in [1.165, 1.54) is 18.7 Å². The van der Waals surface area contributed by atoms with Crippen molar-refractivity contribution in [2.45, 2.75) is 18.4 Å². The van der Waals surface area contributed by atoms with Gasteiger partial charge in [-0.2, -0.15) is 0 Å². The standard InChI is InChI=1S/C26H21N3O2S2/c1-17(30)19-11-8-12-20(15-19)27-26-29(16-18-9-4-3-5-10-18)24(31)23(33-26)25-28(2)21-13-6-7-14-22(21)32-25/h3-15H,16H2,1-2H3/b25-23+,27-26?. The summed E-state index contributed by atoms with van der Waals surface area (Å²) in [5, 5.41) is 1.52. The van der Waals surface area contributed by atoms with Crippen LogP contribution in [0.3, 0.4) is 0 Å². The highest BCUT2D eigenvalue weighted by atomic mass is 32.2. The summed E-state index contributed by atoms with van der Waals surface area (Å²) < 4.78 is 0. The van der Waals surface area contributed by atoms with Crippen LogP contribution in [0.1, 0.15) is 22.8 Å². The Bertz CT molecular complexity index is 1320. The molecule has 2 heterocycles. The summed E-state index contributed by atoms with van der Waals surface area (Å²) in [5.41, 5.74) is 3.37. The van der Waals surface area contributed by atoms with Crippen LogP contribution >= 0.6 is 23.5 Å². The molecular weight excluding hydrogens is 450 g/mol. The Balaban J connectivity index is 1.56. The van der Waals surface area contributed by atoms with Crippen molar-refractivity contribution in [1.82, 2.24) is 4.90 Å². The average Bonchev–Trinajstić information content (AvgIpc) is 3.31. The van der Waals surface area contributed by atoms with Crippen LogP contribution in [-0.2, 0) is 11.3 Å². The number of ketones is 1. The van der Waals surface area contributed by atoms with Crippen molar-refractivity contribution in [1.29, 1.82) is 0 Å². The number of aliphatic imine (C=N–C) groups is 1. The van der Waals surface area contributed by atoms with E-state index in [4.69, 9.17) is 4.99 Å². The molecule has 0 radical (unpaired) electrons. The molecule has 3 aromatic carbocycles. The SMILES string of the molecule is CC(=O)c1cccc(N=C2S/C(=C3/Sc4ccccc4N3C)C(=O)N2Cc2ccccc2)c1. The third-order valence-corrected chi connectivity index (χ3v) is 7.89. The van der Waals surface area contributed by atoms with Gasteiger partial charge in [0.05, 0.1) is 22.9 Å². The van der Waals surface area contributed by atoms with E-state index in [1.54, 1.807) is 28.8 Å². The highest BCUT2D eigenvalue weighted by Crippen LogP contribution is 2.50. The number of fused-ring (bicyclic) bond motifs is 1. The van der Waals surface area contributed by atoms with Gasteiger partial charge in [-0.25, -0.2) is 4.99 Å². The second-order valence-electron chi connectivity index (χ2n) is 7.74. The highest BCUT2D eigenvalue weighted by Gasteiger charge is 2.39. The fourth-order valence-electron chi connectivity index (χ4n) is 3.73. The van der Waals surface area contributed by atoms with E-state index < -0.39 is 0 Å². The van der Waals surface area contributed by atoms with Gasteiger partial charge in [0, 0.05) is 17.5 Å². The van der Waals surface area contributed by atoms with Crippen LogP contribution in [0.5, 0.6) is 0 Å². The number of nitrogens with zero attached hydrogens (tertiary/aromatic N) is 3. The Morgan fingerprint density at radius 1 is 0.939 bits per heavy atom. The maximum Gasteiger partial charge on any atom is 0.269 e. The smallest absolute Gasteiger partial charge is 0.269 e. The minimum absolute atomic E-state index is 0.0158. The summed E-state index contributed by atoms with van der Waals surface area (Å²) in [5.74, 6) is -0.0784. The summed E-state index contributed by atoms with van der Waals surface area (Å²) >= 11 is 2.99. The Morgan fingerprint density at radius 3 is 2.45 bits per heavy atom. The lowest BCUT2D eigenvalue weighted by Gasteiger charge is -2.17. The van der Waals surface area contributed by atoms with Crippen LogP contribution in [0.4, 0.5) is 11.4 Å². The number of carbonyl (C=O) groups excluding carboxylic acids is 2. The van der Waals surface area contributed by atoms with Crippen molar-refractivity contribution in [2.75, 3.05) is 11.9 Å². The Labute approximate surface area is 201 Å². The Hall–Kier alpha value is -3.29. The summed E-state index contributed by atoms with van der Waals surface area (Å²) in [4.78, 5) is 35.9. The number of anilines is 1. The quantitative estimate of drug-likeness (QED) is 0.342. The van der Waals surface area contributed by atoms with E-state index in [9.17, 15) is 9.59 Å². The third kappa shape index (κ3) is 4.21. The van der Waals surface area contributed by atoms with Crippen LogP contribution in [0.25, 0.3) is 0 Å². The van der Waals surface area contributed by atoms with E-state index in [-0.39, 0.29) is 11.7 Å². The van der Waals surface area contributed by atoms with Crippen molar-refractivity contribution in [2.24, 2.45) is 4.99 Å². The number of para-hydroxylation sites is 1. The second kappa shape index (κ2) is 8.92. The molecule has 0 spiro atoms. The highest BCUT2D eigenvalue weighted by molar-refractivity contribution is 8.19. The van der Waals surface area contributed by atoms with Gasteiger partial charge in [-0.3, -0.25) is 14.5 Å². The van der Waals surface area contributed by atoms with Crippen molar-refractivity contribution < 1.29 is 9.59 Å². The first-order valence-electron chi connectivity index (χ1n) is 10.5. The molecule has 0 aromatic heterocycles. The lowest BCUT2D eigenvalue weighted by molar-refractivity contribution is -0.122. The minimum atomic E-state index is -0.0625. The fraction of sp³-hybridized carbons (Fsp3) is 0.115. The number of Topliss-reactive ketones (excluding diaryl/α,β-unsaturated/α-hetero) is 1. The topological polar surface area (TPSA) is 53.0 Å². The van der Waals surface area contributed by atoms with Gasteiger partial charge in [0.15, 0.2) is 11.0 Å². The number of benzene rings is 3. The predicted octanol–water partition coefficient (Wildman–Crippen LogP) is 6.06. The van der Waals surface area contributed by atoms with E-state index in [0.29, 0.717) is 27.9 Å².